The van der Waals surface area contributed by atoms with E-state index in [1.54, 1.807) is 0 Å². The Morgan fingerprint density at radius 2 is 1.30 bits per heavy atom. The maximum atomic E-state index is 12.7. The first-order valence-electron chi connectivity index (χ1n) is 12.8. The Bertz CT molecular complexity index is 900. The molecule has 5 rings (SSSR count). The monoisotopic (exact) mass is 448 g/mol. The Balaban J connectivity index is 1.05. The number of rotatable bonds is 7. The van der Waals surface area contributed by atoms with Crippen LogP contribution < -0.4 is 0 Å². The summed E-state index contributed by atoms with van der Waals surface area (Å²) in [6.07, 6.45) is 10.1. The fourth-order valence-electron chi connectivity index (χ4n) is 5.58. The second-order valence-corrected chi connectivity index (χ2v) is 10.2. The lowest BCUT2D eigenvalue weighted by molar-refractivity contribution is -0.00856. The van der Waals surface area contributed by atoms with Crippen LogP contribution in [0, 0.1) is 18.8 Å². The van der Waals surface area contributed by atoms with Crippen molar-refractivity contribution >= 4 is 5.97 Å². The number of carbonyl (C=O) groups is 1. The number of hydrogen-bond donors (Lipinski definition) is 0. The summed E-state index contributed by atoms with van der Waals surface area (Å²) in [4.78, 5) is 12.7. The van der Waals surface area contributed by atoms with Gasteiger partial charge in [-0.2, -0.15) is 0 Å². The highest BCUT2D eigenvalue weighted by Crippen LogP contribution is 2.40. The molecule has 1 atom stereocenters. The van der Waals surface area contributed by atoms with Gasteiger partial charge in [0.15, 0.2) is 0 Å². The number of carbonyl (C=O) groups excluding carboxylic acids is 1. The van der Waals surface area contributed by atoms with E-state index < -0.39 is 0 Å². The van der Waals surface area contributed by atoms with Gasteiger partial charge in [0.2, 0.25) is 0 Å². The molecule has 0 aromatic heterocycles. The summed E-state index contributed by atoms with van der Waals surface area (Å²) < 4.78 is 17.1. The number of benzene rings is 2. The first-order valence-corrected chi connectivity index (χ1v) is 12.8. The average molecular weight is 449 g/mol. The van der Waals surface area contributed by atoms with Crippen molar-refractivity contribution in [3.63, 3.8) is 0 Å². The molecule has 2 aromatic carbocycles. The fraction of sp³-hybridized carbons (Fsp3) is 0.552. The van der Waals surface area contributed by atoms with E-state index in [9.17, 15) is 4.79 Å². The first kappa shape index (κ1) is 22.6. The number of esters is 1. The molecule has 1 unspecified atom stereocenters. The Morgan fingerprint density at radius 1 is 0.788 bits per heavy atom. The molecule has 2 aromatic rings. The number of epoxide rings is 1. The second kappa shape index (κ2) is 10.4. The average Bonchev–Trinajstić information content (AvgIpc) is 3.69. The second-order valence-electron chi connectivity index (χ2n) is 10.2. The molecule has 4 heteroatoms. The van der Waals surface area contributed by atoms with Gasteiger partial charge in [-0.15, -0.1) is 0 Å². The normalized spacial score (nSPS) is 29.4. The molecular formula is C29H36O4. The van der Waals surface area contributed by atoms with E-state index >= 15 is 0 Å². The van der Waals surface area contributed by atoms with Crippen molar-refractivity contribution in [1.82, 2.24) is 0 Å². The molecule has 176 valence electrons. The van der Waals surface area contributed by atoms with Crippen LogP contribution in [-0.2, 0) is 14.2 Å². The number of aryl methyl sites for hydroxylation is 1. The molecule has 1 heterocycles. The van der Waals surface area contributed by atoms with Gasteiger partial charge in [-0.3, -0.25) is 0 Å². The van der Waals surface area contributed by atoms with Crippen molar-refractivity contribution in [1.29, 1.82) is 0 Å². The van der Waals surface area contributed by atoms with Gasteiger partial charge in [0.1, 0.15) is 12.2 Å². The van der Waals surface area contributed by atoms with Crippen molar-refractivity contribution in [3.05, 3.63) is 59.7 Å². The van der Waals surface area contributed by atoms with E-state index in [0.29, 0.717) is 17.8 Å². The van der Waals surface area contributed by atoms with Gasteiger partial charge < -0.3 is 14.2 Å². The molecule has 0 spiro atoms. The molecule has 0 bridgehead atoms. The smallest absolute Gasteiger partial charge is 0.338 e. The van der Waals surface area contributed by atoms with E-state index in [1.807, 2.05) is 24.3 Å². The zero-order valence-corrected chi connectivity index (χ0v) is 19.7. The van der Waals surface area contributed by atoms with Gasteiger partial charge in [0.05, 0.1) is 24.9 Å². The van der Waals surface area contributed by atoms with Gasteiger partial charge in [-0.25, -0.2) is 4.79 Å². The van der Waals surface area contributed by atoms with E-state index in [2.05, 4.69) is 31.2 Å². The largest absolute Gasteiger partial charge is 0.459 e. The summed E-state index contributed by atoms with van der Waals surface area (Å²) in [6.45, 7) is 3.74. The third-order valence-electron chi connectivity index (χ3n) is 7.80. The van der Waals surface area contributed by atoms with Crippen LogP contribution in [-0.4, -0.2) is 37.5 Å². The van der Waals surface area contributed by atoms with Crippen molar-refractivity contribution in [2.75, 3.05) is 13.2 Å². The van der Waals surface area contributed by atoms with Gasteiger partial charge >= 0.3 is 5.97 Å². The third-order valence-corrected chi connectivity index (χ3v) is 7.80. The van der Waals surface area contributed by atoms with Crippen LogP contribution in [0.5, 0.6) is 0 Å². The minimum Gasteiger partial charge on any atom is -0.459 e. The van der Waals surface area contributed by atoms with Gasteiger partial charge in [-0.1, -0.05) is 42.0 Å². The van der Waals surface area contributed by atoms with Gasteiger partial charge in [-0.05, 0) is 93.4 Å². The maximum absolute atomic E-state index is 12.7. The first-order chi connectivity index (χ1) is 16.1. The molecule has 2 saturated carbocycles. The third kappa shape index (κ3) is 6.04. The Hall–Kier alpha value is -2.17. The maximum Gasteiger partial charge on any atom is 0.338 e. The number of ether oxygens (including phenoxy) is 3. The predicted molar refractivity (Wildman–Crippen MR) is 129 cm³/mol. The summed E-state index contributed by atoms with van der Waals surface area (Å²) >= 11 is 0. The van der Waals surface area contributed by atoms with E-state index in [4.69, 9.17) is 14.2 Å². The van der Waals surface area contributed by atoms with E-state index in [-0.39, 0.29) is 12.1 Å². The summed E-state index contributed by atoms with van der Waals surface area (Å²) in [5.74, 6) is 1.40. The van der Waals surface area contributed by atoms with E-state index in [1.165, 1.54) is 44.1 Å². The molecule has 1 aliphatic heterocycles. The van der Waals surface area contributed by atoms with Crippen LogP contribution in [0.1, 0.15) is 67.3 Å². The summed E-state index contributed by atoms with van der Waals surface area (Å²) in [5.41, 5.74) is 4.17. The highest BCUT2D eigenvalue weighted by Gasteiger charge is 2.33. The van der Waals surface area contributed by atoms with Crippen molar-refractivity contribution < 1.29 is 19.0 Å². The summed E-state index contributed by atoms with van der Waals surface area (Å²) in [7, 11) is 0. The highest BCUT2D eigenvalue weighted by atomic mass is 16.6. The standard InChI is InChI=1S/C29H36O4/c1-20-2-4-21(5-3-20)22-6-8-25(9-7-22)29(30)33-27-16-12-24(13-17-27)23-10-14-26(15-11-23)31-18-28-19-32-28/h2-9,23-24,26-28H,10-19H2,1H3. The zero-order valence-electron chi connectivity index (χ0n) is 19.7. The van der Waals surface area contributed by atoms with Gasteiger partial charge in [0, 0.05) is 0 Å². The minimum atomic E-state index is -0.189. The fourth-order valence-corrected chi connectivity index (χ4v) is 5.58. The summed E-state index contributed by atoms with van der Waals surface area (Å²) in [5, 5.41) is 0. The van der Waals surface area contributed by atoms with Crippen LogP contribution in [0.15, 0.2) is 48.5 Å². The van der Waals surface area contributed by atoms with Crippen molar-refractivity contribution in [3.8, 4) is 11.1 Å². The molecule has 0 N–H and O–H groups in total. The molecule has 33 heavy (non-hydrogen) atoms. The molecule has 0 amide bonds. The van der Waals surface area contributed by atoms with Gasteiger partial charge in [0.25, 0.3) is 0 Å². The van der Waals surface area contributed by atoms with Crippen LogP contribution in [0.4, 0.5) is 0 Å². The molecular weight excluding hydrogens is 412 g/mol. The van der Waals surface area contributed by atoms with E-state index in [0.717, 1.165) is 49.0 Å². The van der Waals surface area contributed by atoms with Crippen molar-refractivity contribution in [2.24, 2.45) is 11.8 Å². The van der Waals surface area contributed by atoms with Crippen LogP contribution in [0.2, 0.25) is 0 Å². The SMILES string of the molecule is Cc1ccc(-c2ccc(C(=O)OC3CCC(C4CCC(OCC5CO5)CC4)CC3)cc2)cc1. The molecule has 0 radical (unpaired) electrons. The minimum absolute atomic E-state index is 0.0590. The Morgan fingerprint density at radius 3 is 1.85 bits per heavy atom. The lowest BCUT2D eigenvalue weighted by Gasteiger charge is -2.37. The molecule has 1 saturated heterocycles. The van der Waals surface area contributed by atoms with Crippen LogP contribution in [0.25, 0.3) is 11.1 Å². The lowest BCUT2D eigenvalue weighted by Crippen LogP contribution is -2.31. The Kier molecular flexibility index (Phi) is 7.13. The van der Waals surface area contributed by atoms with Crippen LogP contribution >= 0.6 is 0 Å². The molecule has 3 aliphatic rings. The highest BCUT2D eigenvalue weighted by molar-refractivity contribution is 5.90. The predicted octanol–water partition coefficient (Wildman–Crippen LogP) is 6.35. The molecule has 4 nitrogen and oxygen atoms in total. The lowest BCUT2D eigenvalue weighted by atomic mass is 9.72. The number of hydrogen-bond acceptors (Lipinski definition) is 4. The zero-order chi connectivity index (χ0) is 22.6. The van der Waals surface area contributed by atoms with Crippen molar-refractivity contribution in [2.45, 2.75) is 76.6 Å². The summed E-state index contributed by atoms with van der Waals surface area (Å²) in [6, 6.07) is 16.2. The molecule has 3 fully saturated rings. The topological polar surface area (TPSA) is 48.1 Å². The van der Waals surface area contributed by atoms with Crippen LogP contribution in [0.3, 0.4) is 0 Å². The quantitative estimate of drug-likeness (QED) is 0.366. The Labute approximate surface area is 197 Å². The molecule has 2 aliphatic carbocycles.